The summed E-state index contributed by atoms with van der Waals surface area (Å²) in [5.74, 6) is 1.60. The molecule has 0 radical (unpaired) electrons. The topological polar surface area (TPSA) is 33.5 Å². The number of hydrogen-bond donors (Lipinski definition) is 0. The summed E-state index contributed by atoms with van der Waals surface area (Å²) in [5.41, 5.74) is 4.52. The summed E-state index contributed by atoms with van der Waals surface area (Å²) in [7, 11) is 2.06. The first-order valence-corrected chi connectivity index (χ1v) is 13.0. The molecule has 6 heteroatoms. The first kappa shape index (κ1) is 21.7. The molecule has 0 saturated carbocycles. The van der Waals surface area contributed by atoms with E-state index in [0.29, 0.717) is 0 Å². The summed E-state index contributed by atoms with van der Waals surface area (Å²) in [6.07, 6.45) is 6.12. The van der Waals surface area contributed by atoms with Gasteiger partial charge in [0.25, 0.3) is 0 Å². The molecule has 180 valence electrons. The Bertz CT molecular complexity index is 1730. The third-order valence-electron chi connectivity index (χ3n) is 6.64. The normalized spacial score (nSPS) is 13.2. The zero-order valence-corrected chi connectivity index (χ0v) is 21.1. The van der Waals surface area contributed by atoms with E-state index in [9.17, 15) is 0 Å². The number of thiazole rings is 1. The summed E-state index contributed by atoms with van der Waals surface area (Å²) < 4.78 is 8.58. The Morgan fingerprint density at radius 2 is 1.46 bits per heavy atom. The molecule has 0 unspecified atom stereocenters. The maximum atomic E-state index is 6.27. The first-order chi connectivity index (χ1) is 18.2. The van der Waals surface area contributed by atoms with Crippen molar-refractivity contribution >= 4 is 38.8 Å². The summed E-state index contributed by atoms with van der Waals surface area (Å²) in [6, 6.07) is 33.4. The van der Waals surface area contributed by atoms with Crippen molar-refractivity contribution in [3.8, 4) is 27.1 Å². The van der Waals surface area contributed by atoms with Crippen LogP contribution >= 0.6 is 11.3 Å². The van der Waals surface area contributed by atoms with Crippen molar-refractivity contribution in [3.63, 3.8) is 0 Å². The maximum Gasteiger partial charge on any atom is 0.129 e. The molecule has 0 amide bonds. The van der Waals surface area contributed by atoms with E-state index >= 15 is 0 Å². The number of rotatable bonds is 5. The number of anilines is 1. The average Bonchev–Trinajstić information content (AvgIpc) is 3.66. The summed E-state index contributed by atoms with van der Waals surface area (Å²) in [4.78, 5) is 9.13. The van der Waals surface area contributed by atoms with Crippen LogP contribution in [0.3, 0.4) is 0 Å². The lowest BCUT2D eigenvalue weighted by atomic mass is 10.2. The fourth-order valence-electron chi connectivity index (χ4n) is 4.91. The van der Waals surface area contributed by atoms with Crippen molar-refractivity contribution in [3.05, 3.63) is 116 Å². The van der Waals surface area contributed by atoms with Gasteiger partial charge in [-0.1, -0.05) is 65.9 Å². The molecule has 1 aliphatic rings. The van der Waals surface area contributed by atoms with Gasteiger partial charge in [-0.2, -0.15) is 0 Å². The molecule has 1 aliphatic heterocycles. The van der Waals surface area contributed by atoms with E-state index in [1.807, 2.05) is 30.5 Å². The van der Waals surface area contributed by atoms with Gasteiger partial charge in [-0.25, -0.2) is 4.98 Å². The minimum atomic E-state index is 0.789. The maximum absolute atomic E-state index is 6.27. The van der Waals surface area contributed by atoms with Crippen molar-refractivity contribution in [2.45, 2.75) is 0 Å². The quantitative estimate of drug-likeness (QED) is 0.241. The lowest BCUT2D eigenvalue weighted by Gasteiger charge is -2.19. The monoisotopic (exact) mass is 500 g/mol. The van der Waals surface area contributed by atoms with Crippen LogP contribution in [0.5, 0.6) is 11.5 Å². The van der Waals surface area contributed by atoms with E-state index in [-0.39, 0.29) is 0 Å². The van der Waals surface area contributed by atoms with Gasteiger partial charge in [0, 0.05) is 47.5 Å². The number of hydrogen-bond acceptors (Lipinski definition) is 5. The van der Waals surface area contributed by atoms with E-state index in [1.165, 1.54) is 21.8 Å². The van der Waals surface area contributed by atoms with E-state index in [4.69, 9.17) is 9.72 Å². The Kier molecular flexibility index (Phi) is 5.18. The molecule has 0 N–H and O–H groups in total. The average molecular weight is 501 g/mol. The molecule has 0 aliphatic carbocycles. The number of para-hydroxylation sites is 2. The minimum absolute atomic E-state index is 0.789. The minimum Gasteiger partial charge on any atom is -0.457 e. The highest BCUT2D eigenvalue weighted by Crippen LogP contribution is 2.37. The Balaban J connectivity index is 1.20. The molecule has 0 spiro atoms. The highest BCUT2D eigenvalue weighted by atomic mass is 32.1. The van der Waals surface area contributed by atoms with E-state index < -0.39 is 0 Å². The van der Waals surface area contributed by atoms with Crippen molar-refractivity contribution in [1.29, 1.82) is 0 Å². The number of fused-ring (bicyclic) bond motifs is 3. The van der Waals surface area contributed by atoms with Crippen LogP contribution in [0.4, 0.5) is 5.69 Å². The third kappa shape index (κ3) is 3.92. The number of aromatic nitrogens is 2. The highest BCUT2D eigenvalue weighted by Gasteiger charge is 2.15. The number of ether oxygens (including phenoxy) is 1. The van der Waals surface area contributed by atoms with Gasteiger partial charge in [-0.3, -0.25) is 4.57 Å². The van der Waals surface area contributed by atoms with Crippen LogP contribution in [0, 0.1) is 0 Å². The van der Waals surface area contributed by atoms with Crippen LogP contribution < -0.4 is 9.64 Å². The molecular formula is C31H24N4OS. The van der Waals surface area contributed by atoms with Gasteiger partial charge in [0.2, 0.25) is 0 Å². The molecular weight excluding hydrogens is 476 g/mol. The molecule has 2 aromatic heterocycles. The van der Waals surface area contributed by atoms with E-state index in [2.05, 4.69) is 107 Å². The molecule has 0 bridgehead atoms. The molecule has 3 heterocycles. The van der Waals surface area contributed by atoms with Crippen molar-refractivity contribution in [2.24, 2.45) is 0 Å². The molecule has 6 aromatic rings. The van der Waals surface area contributed by atoms with Crippen LogP contribution in [0.25, 0.3) is 37.4 Å². The number of benzene rings is 4. The fourth-order valence-corrected chi connectivity index (χ4v) is 5.86. The van der Waals surface area contributed by atoms with Crippen molar-refractivity contribution < 1.29 is 4.74 Å². The summed E-state index contributed by atoms with van der Waals surface area (Å²) in [5, 5.41) is 4.56. The van der Waals surface area contributed by atoms with Gasteiger partial charge in [0.1, 0.15) is 21.5 Å². The lowest BCUT2D eigenvalue weighted by Crippen LogP contribution is -2.21. The second-order valence-electron chi connectivity index (χ2n) is 9.17. The molecule has 37 heavy (non-hydrogen) atoms. The predicted octanol–water partition coefficient (Wildman–Crippen LogP) is 7.88. The smallest absolute Gasteiger partial charge is 0.129 e. The van der Waals surface area contributed by atoms with Gasteiger partial charge in [0.05, 0.1) is 23.9 Å². The molecule has 7 rings (SSSR count). The Morgan fingerprint density at radius 3 is 2.19 bits per heavy atom. The zero-order valence-electron chi connectivity index (χ0n) is 20.3. The summed E-state index contributed by atoms with van der Waals surface area (Å²) >= 11 is 1.69. The second-order valence-corrected chi connectivity index (χ2v) is 10.2. The Hall–Kier alpha value is -4.55. The van der Waals surface area contributed by atoms with E-state index in [1.54, 1.807) is 11.3 Å². The number of nitrogens with zero attached hydrogens (tertiary/aromatic N) is 4. The second kappa shape index (κ2) is 8.84. The van der Waals surface area contributed by atoms with E-state index in [0.717, 1.165) is 39.4 Å². The standard InChI is InChI=1S/C31H24N4OS/c1-33-16-17-34(21-33)23-9-7-11-25(19-23)36-24-10-6-8-22(18-24)31-32-20-30(37-31)35-28-14-4-2-12-26(28)27-13-3-5-15-29(27)35/h2-20H,21H2,1H3. The van der Waals surface area contributed by atoms with Gasteiger partial charge in [-0.05, 0) is 36.4 Å². The van der Waals surface area contributed by atoms with Crippen molar-refractivity contribution in [2.75, 3.05) is 18.6 Å². The van der Waals surface area contributed by atoms with Crippen LogP contribution in [0.1, 0.15) is 0 Å². The van der Waals surface area contributed by atoms with Gasteiger partial charge in [0.15, 0.2) is 0 Å². The predicted molar refractivity (Wildman–Crippen MR) is 153 cm³/mol. The van der Waals surface area contributed by atoms with Gasteiger partial charge >= 0.3 is 0 Å². The van der Waals surface area contributed by atoms with Crippen molar-refractivity contribution in [1.82, 2.24) is 14.5 Å². The SMILES string of the molecule is CN1C=CN(c2cccc(Oc3cccc(-c4ncc(-n5c6ccccc6c6ccccc65)s4)c3)c2)C1. The Morgan fingerprint density at radius 1 is 0.757 bits per heavy atom. The van der Waals surface area contributed by atoms with Crippen LogP contribution in [0.15, 0.2) is 116 Å². The zero-order chi connectivity index (χ0) is 24.8. The first-order valence-electron chi connectivity index (χ1n) is 12.2. The molecule has 5 nitrogen and oxygen atoms in total. The Labute approximate surface area is 219 Å². The van der Waals surface area contributed by atoms with Crippen LogP contribution in [-0.4, -0.2) is 28.2 Å². The molecule has 0 atom stereocenters. The highest BCUT2D eigenvalue weighted by molar-refractivity contribution is 7.17. The summed E-state index contributed by atoms with van der Waals surface area (Å²) in [6.45, 7) is 0.831. The van der Waals surface area contributed by atoms with Crippen LogP contribution in [0.2, 0.25) is 0 Å². The molecule has 0 saturated heterocycles. The fraction of sp³-hybridized carbons (Fsp3) is 0.0645. The molecule has 0 fully saturated rings. The van der Waals surface area contributed by atoms with Crippen LogP contribution in [-0.2, 0) is 0 Å². The van der Waals surface area contributed by atoms with Gasteiger partial charge < -0.3 is 14.5 Å². The largest absolute Gasteiger partial charge is 0.457 e. The third-order valence-corrected chi connectivity index (χ3v) is 7.67. The van der Waals surface area contributed by atoms with Gasteiger partial charge in [-0.15, -0.1) is 0 Å². The molecule has 4 aromatic carbocycles. The lowest BCUT2D eigenvalue weighted by molar-refractivity contribution is 0.481.